The average molecular weight is 391 g/mol. The largest absolute Gasteiger partial charge is 0.497 e. The minimum atomic E-state index is -3.74. The van der Waals surface area contributed by atoms with Gasteiger partial charge in [-0.1, -0.05) is 32.9 Å². The number of methoxy groups -OCH3 is 1. The summed E-state index contributed by atoms with van der Waals surface area (Å²) in [5.41, 5.74) is 1.64. The molecule has 146 valence electrons. The molecule has 2 rings (SSSR count). The SMILES string of the molecule is CCN(CC(=O)Nc1ccc(OC)cc1)S(=O)(=O)c1ccc(C(C)C)cc1. The summed E-state index contributed by atoms with van der Waals surface area (Å²) in [7, 11) is -2.18. The Morgan fingerprint density at radius 1 is 1.07 bits per heavy atom. The van der Waals surface area contributed by atoms with Crippen molar-refractivity contribution in [2.24, 2.45) is 0 Å². The molecule has 0 fully saturated rings. The summed E-state index contributed by atoms with van der Waals surface area (Å²) in [6, 6.07) is 13.6. The Labute approximate surface area is 161 Å². The zero-order chi connectivity index (χ0) is 20.0. The molecule has 1 N–H and O–H groups in total. The van der Waals surface area contributed by atoms with E-state index in [1.54, 1.807) is 50.4 Å². The van der Waals surface area contributed by atoms with Gasteiger partial charge in [-0.05, 0) is 47.9 Å². The van der Waals surface area contributed by atoms with Crippen LogP contribution in [-0.4, -0.2) is 38.8 Å². The van der Waals surface area contributed by atoms with E-state index >= 15 is 0 Å². The van der Waals surface area contributed by atoms with E-state index in [1.807, 2.05) is 26.0 Å². The Kier molecular flexibility index (Phi) is 6.98. The van der Waals surface area contributed by atoms with E-state index in [1.165, 1.54) is 0 Å². The lowest BCUT2D eigenvalue weighted by atomic mass is 10.0. The van der Waals surface area contributed by atoms with Crippen LogP contribution in [-0.2, 0) is 14.8 Å². The molecule has 0 aliphatic heterocycles. The third-order valence-electron chi connectivity index (χ3n) is 4.23. The smallest absolute Gasteiger partial charge is 0.243 e. The molecule has 0 aliphatic carbocycles. The fourth-order valence-electron chi connectivity index (χ4n) is 2.58. The van der Waals surface area contributed by atoms with Crippen LogP contribution in [0.5, 0.6) is 5.75 Å². The molecule has 0 bridgehead atoms. The summed E-state index contributed by atoms with van der Waals surface area (Å²) < 4.78 is 31.9. The number of hydrogen-bond donors (Lipinski definition) is 1. The third-order valence-corrected chi connectivity index (χ3v) is 6.17. The highest BCUT2D eigenvalue weighted by Gasteiger charge is 2.25. The molecule has 7 heteroatoms. The molecule has 0 saturated carbocycles. The minimum Gasteiger partial charge on any atom is -0.497 e. The molecule has 2 aromatic carbocycles. The van der Waals surface area contributed by atoms with Crippen molar-refractivity contribution in [3.05, 3.63) is 54.1 Å². The maximum Gasteiger partial charge on any atom is 0.243 e. The van der Waals surface area contributed by atoms with Crippen LogP contribution in [0.3, 0.4) is 0 Å². The van der Waals surface area contributed by atoms with Crippen LogP contribution in [0.4, 0.5) is 5.69 Å². The van der Waals surface area contributed by atoms with E-state index in [2.05, 4.69) is 5.32 Å². The van der Waals surface area contributed by atoms with Gasteiger partial charge in [0, 0.05) is 12.2 Å². The molecule has 0 unspecified atom stereocenters. The van der Waals surface area contributed by atoms with Crippen molar-refractivity contribution >= 4 is 21.6 Å². The van der Waals surface area contributed by atoms with Gasteiger partial charge in [-0.3, -0.25) is 4.79 Å². The molecule has 0 radical (unpaired) electrons. The van der Waals surface area contributed by atoms with Crippen molar-refractivity contribution in [2.45, 2.75) is 31.6 Å². The number of nitrogens with one attached hydrogen (secondary N) is 1. The number of amides is 1. The maximum atomic E-state index is 12.8. The van der Waals surface area contributed by atoms with Gasteiger partial charge in [0.2, 0.25) is 15.9 Å². The molecule has 2 aromatic rings. The number of carbonyl (C=O) groups is 1. The minimum absolute atomic E-state index is 0.186. The first-order valence-corrected chi connectivity index (χ1v) is 10.3. The van der Waals surface area contributed by atoms with Crippen LogP contribution in [0.1, 0.15) is 32.3 Å². The summed E-state index contributed by atoms with van der Waals surface area (Å²) in [6.07, 6.45) is 0. The number of carbonyl (C=O) groups excluding carboxylic acids is 1. The van der Waals surface area contributed by atoms with E-state index in [-0.39, 0.29) is 18.0 Å². The Bertz CT molecular complexity index is 860. The van der Waals surface area contributed by atoms with Gasteiger partial charge in [-0.15, -0.1) is 0 Å². The Morgan fingerprint density at radius 2 is 1.67 bits per heavy atom. The number of benzene rings is 2. The number of anilines is 1. The van der Waals surface area contributed by atoms with Gasteiger partial charge < -0.3 is 10.1 Å². The van der Waals surface area contributed by atoms with Crippen molar-refractivity contribution in [3.63, 3.8) is 0 Å². The molecule has 1 amide bonds. The van der Waals surface area contributed by atoms with Gasteiger partial charge >= 0.3 is 0 Å². The third kappa shape index (κ3) is 5.30. The molecule has 0 aliphatic rings. The van der Waals surface area contributed by atoms with Crippen LogP contribution >= 0.6 is 0 Å². The highest BCUT2D eigenvalue weighted by Crippen LogP contribution is 2.20. The van der Waals surface area contributed by atoms with Crippen molar-refractivity contribution < 1.29 is 17.9 Å². The maximum absolute atomic E-state index is 12.8. The second-order valence-electron chi connectivity index (χ2n) is 6.43. The summed E-state index contributed by atoms with van der Waals surface area (Å²) >= 11 is 0. The van der Waals surface area contributed by atoms with Crippen molar-refractivity contribution in [2.75, 3.05) is 25.5 Å². The summed E-state index contributed by atoms with van der Waals surface area (Å²) in [5, 5.41) is 2.71. The van der Waals surface area contributed by atoms with E-state index in [9.17, 15) is 13.2 Å². The van der Waals surface area contributed by atoms with Gasteiger partial charge in [-0.25, -0.2) is 8.42 Å². The zero-order valence-electron chi connectivity index (χ0n) is 16.1. The van der Waals surface area contributed by atoms with Crippen LogP contribution in [0, 0.1) is 0 Å². The van der Waals surface area contributed by atoms with E-state index in [4.69, 9.17) is 4.74 Å². The summed E-state index contributed by atoms with van der Waals surface area (Å²) in [6.45, 7) is 5.75. The van der Waals surface area contributed by atoms with E-state index in [0.29, 0.717) is 17.4 Å². The Hall–Kier alpha value is -2.38. The van der Waals surface area contributed by atoms with Crippen LogP contribution < -0.4 is 10.1 Å². The molecular weight excluding hydrogens is 364 g/mol. The first-order valence-electron chi connectivity index (χ1n) is 8.82. The van der Waals surface area contributed by atoms with Gasteiger partial charge in [0.05, 0.1) is 18.6 Å². The molecule has 0 spiro atoms. The summed E-state index contributed by atoms with van der Waals surface area (Å²) in [4.78, 5) is 12.5. The molecule has 0 aromatic heterocycles. The second-order valence-corrected chi connectivity index (χ2v) is 8.37. The summed E-state index contributed by atoms with van der Waals surface area (Å²) in [5.74, 6) is 0.597. The van der Waals surface area contributed by atoms with Crippen molar-refractivity contribution in [1.29, 1.82) is 0 Å². The molecule has 27 heavy (non-hydrogen) atoms. The Morgan fingerprint density at radius 3 is 2.15 bits per heavy atom. The van der Waals surface area contributed by atoms with Crippen LogP contribution in [0.2, 0.25) is 0 Å². The number of sulfonamides is 1. The first kappa shape index (κ1) is 20.9. The van der Waals surface area contributed by atoms with Gasteiger partial charge in [0.15, 0.2) is 0 Å². The quantitative estimate of drug-likeness (QED) is 0.749. The Balaban J connectivity index is 2.10. The molecule has 6 nitrogen and oxygen atoms in total. The standard InChI is InChI=1S/C20H26N2O4S/c1-5-22(14-20(23)21-17-8-10-18(26-4)11-9-17)27(24,25)19-12-6-16(7-13-19)15(2)3/h6-13,15H,5,14H2,1-4H3,(H,21,23). The zero-order valence-corrected chi connectivity index (χ0v) is 16.9. The molecule has 0 atom stereocenters. The highest BCUT2D eigenvalue weighted by atomic mass is 32.2. The number of likely N-dealkylation sites (N-methyl/N-ethyl adjacent to an activating group) is 1. The molecular formula is C20H26N2O4S. The first-order chi connectivity index (χ1) is 12.8. The topological polar surface area (TPSA) is 75.7 Å². The van der Waals surface area contributed by atoms with Gasteiger partial charge in [0.25, 0.3) is 0 Å². The number of hydrogen-bond acceptors (Lipinski definition) is 4. The monoisotopic (exact) mass is 390 g/mol. The fraction of sp³-hybridized carbons (Fsp3) is 0.350. The van der Waals surface area contributed by atoms with Gasteiger partial charge in [0.1, 0.15) is 5.75 Å². The lowest BCUT2D eigenvalue weighted by Gasteiger charge is -2.20. The van der Waals surface area contributed by atoms with Crippen LogP contribution in [0.25, 0.3) is 0 Å². The highest BCUT2D eigenvalue weighted by molar-refractivity contribution is 7.89. The lowest BCUT2D eigenvalue weighted by Crippen LogP contribution is -2.37. The fourth-order valence-corrected chi connectivity index (χ4v) is 3.98. The normalized spacial score (nSPS) is 11.6. The number of nitrogens with zero attached hydrogens (tertiary/aromatic N) is 1. The predicted molar refractivity (Wildman–Crippen MR) is 107 cm³/mol. The average Bonchev–Trinajstić information content (AvgIpc) is 2.66. The van der Waals surface area contributed by atoms with Crippen LogP contribution in [0.15, 0.2) is 53.4 Å². The van der Waals surface area contributed by atoms with Crippen molar-refractivity contribution in [3.8, 4) is 5.75 Å². The second kappa shape index (κ2) is 9.01. The van der Waals surface area contributed by atoms with E-state index < -0.39 is 15.9 Å². The number of ether oxygens (including phenoxy) is 1. The van der Waals surface area contributed by atoms with Crippen molar-refractivity contribution in [1.82, 2.24) is 4.31 Å². The van der Waals surface area contributed by atoms with E-state index in [0.717, 1.165) is 9.87 Å². The number of rotatable bonds is 8. The lowest BCUT2D eigenvalue weighted by molar-refractivity contribution is -0.116. The van der Waals surface area contributed by atoms with Gasteiger partial charge in [-0.2, -0.15) is 4.31 Å². The molecule has 0 saturated heterocycles. The molecule has 0 heterocycles. The predicted octanol–water partition coefficient (Wildman–Crippen LogP) is 3.47.